The first-order valence-electron chi connectivity index (χ1n) is 4.59. The van der Waals surface area contributed by atoms with Crippen LogP contribution in [0.1, 0.15) is 25.0 Å². The molecule has 0 amide bonds. The number of hydrogen-bond donors (Lipinski definition) is 1. The van der Waals surface area contributed by atoms with Crippen LogP contribution in [-0.2, 0) is 12.8 Å². The van der Waals surface area contributed by atoms with E-state index in [4.69, 9.17) is 5.11 Å². The Morgan fingerprint density at radius 1 is 1.46 bits per heavy atom. The van der Waals surface area contributed by atoms with Gasteiger partial charge in [-0.2, -0.15) is 0 Å². The van der Waals surface area contributed by atoms with Crippen molar-refractivity contribution >= 4 is 0 Å². The van der Waals surface area contributed by atoms with Gasteiger partial charge in [-0.3, -0.25) is 0 Å². The quantitative estimate of drug-likeness (QED) is 0.760. The van der Waals surface area contributed by atoms with Crippen molar-refractivity contribution in [3.8, 4) is 0 Å². The van der Waals surface area contributed by atoms with Crippen molar-refractivity contribution in [3.05, 3.63) is 35.1 Å². The SMILES string of the molecule is CCc1cc(CC(C)O)ccc1F. The average Bonchev–Trinajstić information content (AvgIpc) is 2.07. The van der Waals surface area contributed by atoms with Gasteiger partial charge in [-0.1, -0.05) is 19.1 Å². The first-order chi connectivity index (χ1) is 6.13. The normalized spacial score (nSPS) is 12.9. The highest BCUT2D eigenvalue weighted by atomic mass is 19.1. The van der Waals surface area contributed by atoms with Crippen LogP contribution in [0.5, 0.6) is 0 Å². The summed E-state index contributed by atoms with van der Waals surface area (Å²) >= 11 is 0. The summed E-state index contributed by atoms with van der Waals surface area (Å²) < 4.78 is 13.0. The van der Waals surface area contributed by atoms with Crippen LogP contribution in [0.4, 0.5) is 4.39 Å². The van der Waals surface area contributed by atoms with Gasteiger partial charge in [0.25, 0.3) is 0 Å². The second-order valence-corrected chi connectivity index (χ2v) is 3.33. The standard InChI is InChI=1S/C11H15FO/c1-3-10-7-9(6-8(2)13)4-5-11(10)12/h4-5,7-8,13H,3,6H2,1-2H3. The van der Waals surface area contributed by atoms with Crippen LogP contribution in [-0.4, -0.2) is 11.2 Å². The van der Waals surface area contributed by atoms with Crippen LogP contribution in [0.25, 0.3) is 0 Å². The minimum absolute atomic E-state index is 0.156. The van der Waals surface area contributed by atoms with Crippen LogP contribution < -0.4 is 0 Å². The molecule has 0 aliphatic carbocycles. The van der Waals surface area contributed by atoms with Crippen LogP contribution in [0.3, 0.4) is 0 Å². The molecule has 1 atom stereocenters. The van der Waals surface area contributed by atoms with E-state index in [0.717, 1.165) is 11.1 Å². The van der Waals surface area contributed by atoms with Gasteiger partial charge >= 0.3 is 0 Å². The number of benzene rings is 1. The molecule has 0 radical (unpaired) electrons. The second kappa shape index (κ2) is 4.38. The van der Waals surface area contributed by atoms with E-state index in [2.05, 4.69) is 0 Å². The second-order valence-electron chi connectivity index (χ2n) is 3.33. The van der Waals surface area contributed by atoms with Crippen molar-refractivity contribution in [1.82, 2.24) is 0 Å². The molecule has 0 heterocycles. The molecule has 1 aromatic carbocycles. The lowest BCUT2D eigenvalue weighted by atomic mass is 10.0. The lowest BCUT2D eigenvalue weighted by Gasteiger charge is -2.06. The maximum Gasteiger partial charge on any atom is 0.126 e. The Kier molecular flexibility index (Phi) is 3.43. The number of aliphatic hydroxyl groups excluding tert-OH is 1. The van der Waals surface area contributed by atoms with Crippen molar-refractivity contribution in [2.75, 3.05) is 0 Å². The zero-order chi connectivity index (χ0) is 9.84. The highest BCUT2D eigenvalue weighted by molar-refractivity contribution is 5.25. The van der Waals surface area contributed by atoms with Crippen LogP contribution in [0, 0.1) is 5.82 Å². The first-order valence-corrected chi connectivity index (χ1v) is 4.59. The Bertz CT molecular complexity index is 281. The highest BCUT2D eigenvalue weighted by Crippen LogP contribution is 2.12. The summed E-state index contributed by atoms with van der Waals surface area (Å²) in [5.41, 5.74) is 1.71. The monoisotopic (exact) mass is 182 g/mol. The summed E-state index contributed by atoms with van der Waals surface area (Å²) in [7, 11) is 0. The van der Waals surface area contributed by atoms with E-state index >= 15 is 0 Å². The maximum atomic E-state index is 13.0. The molecule has 0 aromatic heterocycles. The molecule has 13 heavy (non-hydrogen) atoms. The first kappa shape index (κ1) is 10.2. The molecule has 0 fully saturated rings. The van der Waals surface area contributed by atoms with Crippen molar-refractivity contribution in [2.45, 2.75) is 32.8 Å². The topological polar surface area (TPSA) is 20.2 Å². The van der Waals surface area contributed by atoms with Gasteiger partial charge < -0.3 is 5.11 Å². The molecule has 1 nitrogen and oxygen atoms in total. The zero-order valence-electron chi connectivity index (χ0n) is 8.05. The maximum absolute atomic E-state index is 13.0. The number of aryl methyl sites for hydroxylation is 1. The van der Waals surface area contributed by atoms with Crippen LogP contribution in [0.15, 0.2) is 18.2 Å². The molecule has 0 saturated carbocycles. The molecular weight excluding hydrogens is 167 g/mol. The van der Waals surface area contributed by atoms with Crippen LogP contribution >= 0.6 is 0 Å². The third-order valence-corrected chi connectivity index (χ3v) is 2.02. The molecule has 0 aliphatic heterocycles. The molecule has 1 unspecified atom stereocenters. The van der Waals surface area contributed by atoms with Gasteiger partial charge in [0.05, 0.1) is 6.10 Å². The Balaban J connectivity index is 2.86. The summed E-state index contributed by atoms with van der Waals surface area (Å²) in [4.78, 5) is 0. The Hall–Kier alpha value is -0.890. The summed E-state index contributed by atoms with van der Waals surface area (Å²) in [5.74, 6) is -0.156. The molecule has 0 bridgehead atoms. The van der Waals surface area contributed by atoms with Gasteiger partial charge in [0.1, 0.15) is 5.82 Å². The number of aliphatic hydroxyl groups is 1. The molecule has 1 N–H and O–H groups in total. The number of halogens is 1. The molecule has 0 aliphatic rings. The molecule has 1 rings (SSSR count). The van der Waals surface area contributed by atoms with Gasteiger partial charge in [-0.25, -0.2) is 4.39 Å². The third kappa shape index (κ3) is 2.81. The van der Waals surface area contributed by atoms with E-state index in [9.17, 15) is 4.39 Å². The molecular formula is C11H15FO. The molecule has 0 spiro atoms. The fourth-order valence-electron chi connectivity index (χ4n) is 1.37. The number of hydrogen-bond acceptors (Lipinski definition) is 1. The lowest BCUT2D eigenvalue weighted by Crippen LogP contribution is -2.04. The van der Waals surface area contributed by atoms with Gasteiger partial charge in [0.15, 0.2) is 0 Å². The third-order valence-electron chi connectivity index (χ3n) is 2.02. The van der Waals surface area contributed by atoms with E-state index in [1.165, 1.54) is 6.07 Å². The van der Waals surface area contributed by atoms with Gasteiger partial charge in [-0.05, 0) is 37.0 Å². The van der Waals surface area contributed by atoms with Crippen LogP contribution in [0.2, 0.25) is 0 Å². The summed E-state index contributed by atoms with van der Waals surface area (Å²) in [6.07, 6.45) is 0.919. The lowest BCUT2D eigenvalue weighted by molar-refractivity contribution is 0.195. The van der Waals surface area contributed by atoms with Crippen molar-refractivity contribution in [1.29, 1.82) is 0 Å². The van der Waals surface area contributed by atoms with Crippen molar-refractivity contribution in [3.63, 3.8) is 0 Å². The molecule has 2 heteroatoms. The highest BCUT2D eigenvalue weighted by Gasteiger charge is 2.03. The van der Waals surface area contributed by atoms with E-state index in [1.54, 1.807) is 13.0 Å². The Morgan fingerprint density at radius 2 is 2.15 bits per heavy atom. The Morgan fingerprint density at radius 3 is 2.69 bits per heavy atom. The number of rotatable bonds is 3. The summed E-state index contributed by atoms with van der Waals surface area (Å²) in [6.45, 7) is 3.65. The van der Waals surface area contributed by atoms with Crippen molar-refractivity contribution in [2.24, 2.45) is 0 Å². The smallest absolute Gasteiger partial charge is 0.126 e. The van der Waals surface area contributed by atoms with Gasteiger partial charge in [0, 0.05) is 0 Å². The van der Waals surface area contributed by atoms with E-state index in [0.29, 0.717) is 12.8 Å². The Labute approximate surface area is 78.2 Å². The zero-order valence-corrected chi connectivity index (χ0v) is 8.05. The molecule has 0 saturated heterocycles. The summed E-state index contributed by atoms with van der Waals surface area (Å²) in [6, 6.07) is 5.01. The minimum atomic E-state index is -0.366. The predicted octanol–water partition coefficient (Wildman–Crippen LogP) is 2.31. The van der Waals surface area contributed by atoms with E-state index in [-0.39, 0.29) is 11.9 Å². The van der Waals surface area contributed by atoms with E-state index in [1.807, 2.05) is 13.0 Å². The van der Waals surface area contributed by atoms with E-state index < -0.39 is 0 Å². The van der Waals surface area contributed by atoms with Gasteiger partial charge in [0.2, 0.25) is 0 Å². The van der Waals surface area contributed by atoms with Gasteiger partial charge in [-0.15, -0.1) is 0 Å². The fraction of sp³-hybridized carbons (Fsp3) is 0.455. The molecule has 1 aromatic rings. The molecule has 72 valence electrons. The minimum Gasteiger partial charge on any atom is -0.393 e. The predicted molar refractivity (Wildman–Crippen MR) is 51.2 cm³/mol. The average molecular weight is 182 g/mol. The largest absolute Gasteiger partial charge is 0.393 e. The fourth-order valence-corrected chi connectivity index (χ4v) is 1.37. The summed E-state index contributed by atoms with van der Waals surface area (Å²) in [5, 5.41) is 9.14. The van der Waals surface area contributed by atoms with Crippen molar-refractivity contribution < 1.29 is 9.50 Å².